The maximum absolute atomic E-state index is 10.2. The van der Waals surface area contributed by atoms with Crippen LogP contribution < -0.4 is 0 Å². The molecule has 29 heavy (non-hydrogen) atoms. The van der Waals surface area contributed by atoms with Gasteiger partial charge in [-0.15, -0.1) is 0 Å². The fourth-order valence-electron chi connectivity index (χ4n) is 8.68. The number of fused-ring (bicyclic) bond motifs is 5. The van der Waals surface area contributed by atoms with E-state index in [1.807, 2.05) is 0 Å². The molecule has 1 N–H and O–H groups in total. The second-order valence-electron chi connectivity index (χ2n) is 12.7. The minimum atomic E-state index is -0.0790. The molecule has 166 valence electrons. The number of rotatable bonds is 5. The van der Waals surface area contributed by atoms with Crippen LogP contribution >= 0.6 is 0 Å². The summed E-state index contributed by atoms with van der Waals surface area (Å²) in [6.45, 7) is 15.1. The largest absolute Gasteiger partial charge is 0.393 e. The Hall–Kier alpha value is -0.300. The van der Waals surface area contributed by atoms with E-state index < -0.39 is 0 Å². The Morgan fingerprint density at radius 1 is 0.966 bits per heavy atom. The van der Waals surface area contributed by atoms with E-state index in [-0.39, 0.29) is 6.10 Å². The third-order valence-corrected chi connectivity index (χ3v) is 11.1. The van der Waals surface area contributed by atoms with Crippen LogP contribution in [0.4, 0.5) is 0 Å². The molecule has 4 rings (SSSR count). The number of aliphatic hydroxyl groups excluding tert-OH is 1. The Balaban J connectivity index is 1.49. The van der Waals surface area contributed by atoms with Crippen LogP contribution in [0.25, 0.3) is 0 Å². The topological polar surface area (TPSA) is 20.2 Å². The summed E-state index contributed by atoms with van der Waals surface area (Å²) in [6.07, 6.45) is 15.7. The molecule has 4 aliphatic rings. The van der Waals surface area contributed by atoms with Crippen molar-refractivity contribution in [3.8, 4) is 0 Å². The molecule has 0 spiro atoms. The van der Waals surface area contributed by atoms with Gasteiger partial charge in [-0.1, -0.05) is 66.0 Å². The molecule has 0 aromatic heterocycles. The normalized spacial score (nSPS) is 46.5. The van der Waals surface area contributed by atoms with Gasteiger partial charge in [-0.25, -0.2) is 0 Å². The highest BCUT2D eigenvalue weighted by Crippen LogP contribution is 2.67. The predicted molar refractivity (Wildman–Crippen MR) is 124 cm³/mol. The van der Waals surface area contributed by atoms with E-state index >= 15 is 0 Å². The van der Waals surface area contributed by atoms with Crippen molar-refractivity contribution in [1.29, 1.82) is 0 Å². The first-order valence-corrected chi connectivity index (χ1v) is 13.0. The molecular weight excluding hydrogens is 352 g/mol. The van der Waals surface area contributed by atoms with Gasteiger partial charge in [0.15, 0.2) is 0 Å². The van der Waals surface area contributed by atoms with Crippen molar-refractivity contribution in [1.82, 2.24) is 0 Å². The molecular formula is C28H48O. The van der Waals surface area contributed by atoms with Crippen molar-refractivity contribution < 1.29 is 5.11 Å². The van der Waals surface area contributed by atoms with E-state index in [2.05, 4.69) is 47.6 Å². The highest BCUT2D eigenvalue weighted by Gasteiger charge is 2.59. The SMILES string of the molecule is CC(C)[C@H](C)CC[C@@H](C)[C@H]1CC[C@H]2C3CC=C4C[C@@H](O)CCC4(C)[C@H]3CC[C@]12C. The van der Waals surface area contributed by atoms with Gasteiger partial charge in [0.05, 0.1) is 6.10 Å². The van der Waals surface area contributed by atoms with Gasteiger partial charge in [-0.3, -0.25) is 0 Å². The van der Waals surface area contributed by atoms with E-state index in [0.29, 0.717) is 10.8 Å². The molecule has 0 amide bonds. The lowest BCUT2D eigenvalue weighted by Crippen LogP contribution is -2.50. The Kier molecular flexibility index (Phi) is 6.04. The molecule has 0 bridgehead atoms. The minimum Gasteiger partial charge on any atom is -0.393 e. The van der Waals surface area contributed by atoms with Crippen LogP contribution in [0.3, 0.4) is 0 Å². The standard InChI is InChI=1S/C28H48O/c1-18(2)19(3)7-8-20(4)24-11-12-25-23-10-9-21-17-22(29)13-15-27(21,5)26(23)14-16-28(24,25)6/h9,18-20,22-26,29H,7-8,10-17H2,1-6H3/t19-,20-,22+,23?,24-,25+,26+,27?,28-/m1/s1. The zero-order valence-corrected chi connectivity index (χ0v) is 20.2. The monoisotopic (exact) mass is 400 g/mol. The molecule has 0 aliphatic heterocycles. The number of allylic oxidation sites excluding steroid dienone is 1. The summed E-state index contributed by atoms with van der Waals surface area (Å²) >= 11 is 0. The van der Waals surface area contributed by atoms with E-state index in [9.17, 15) is 5.11 Å². The lowest BCUT2D eigenvalue weighted by Gasteiger charge is -2.58. The first-order chi connectivity index (χ1) is 13.7. The second-order valence-corrected chi connectivity index (χ2v) is 12.7. The van der Waals surface area contributed by atoms with Crippen molar-refractivity contribution >= 4 is 0 Å². The maximum Gasteiger partial charge on any atom is 0.0577 e. The molecule has 1 nitrogen and oxygen atoms in total. The summed E-state index contributed by atoms with van der Waals surface area (Å²) in [4.78, 5) is 0. The quantitative estimate of drug-likeness (QED) is 0.470. The third-order valence-electron chi connectivity index (χ3n) is 11.1. The molecule has 0 radical (unpaired) electrons. The molecule has 1 heteroatoms. The van der Waals surface area contributed by atoms with Crippen LogP contribution in [0.5, 0.6) is 0 Å². The van der Waals surface area contributed by atoms with Crippen LogP contribution in [0.1, 0.15) is 106 Å². The molecule has 0 aromatic rings. The predicted octanol–water partition coefficient (Wildman–Crippen LogP) is 7.63. The molecule has 3 saturated carbocycles. The number of hydrogen-bond acceptors (Lipinski definition) is 1. The lowest BCUT2D eigenvalue weighted by molar-refractivity contribution is -0.0574. The molecule has 0 saturated heterocycles. The zero-order valence-electron chi connectivity index (χ0n) is 20.2. The van der Waals surface area contributed by atoms with Gasteiger partial charge in [-0.05, 0) is 104 Å². The summed E-state index contributed by atoms with van der Waals surface area (Å²) in [6, 6.07) is 0. The van der Waals surface area contributed by atoms with Crippen LogP contribution in [-0.4, -0.2) is 11.2 Å². The Labute approximate surface area is 181 Å². The third kappa shape index (κ3) is 3.66. The fraction of sp³-hybridized carbons (Fsp3) is 0.929. The molecule has 4 aliphatic carbocycles. The summed E-state index contributed by atoms with van der Waals surface area (Å²) in [7, 11) is 0. The first-order valence-electron chi connectivity index (χ1n) is 13.0. The highest BCUT2D eigenvalue weighted by atomic mass is 16.3. The summed E-state index contributed by atoms with van der Waals surface area (Å²) in [5.74, 6) is 6.24. The van der Waals surface area contributed by atoms with Gasteiger partial charge >= 0.3 is 0 Å². The highest BCUT2D eigenvalue weighted by molar-refractivity contribution is 5.25. The molecule has 3 fully saturated rings. The van der Waals surface area contributed by atoms with Crippen molar-refractivity contribution in [2.75, 3.05) is 0 Å². The van der Waals surface area contributed by atoms with Crippen LogP contribution in [0, 0.1) is 52.3 Å². The van der Waals surface area contributed by atoms with Crippen molar-refractivity contribution in [2.45, 2.75) is 112 Å². The Bertz CT molecular complexity index is 620. The summed E-state index contributed by atoms with van der Waals surface area (Å²) in [5, 5.41) is 10.2. The second kappa shape index (κ2) is 7.99. The molecule has 0 aromatic carbocycles. The Morgan fingerprint density at radius 2 is 1.72 bits per heavy atom. The van der Waals surface area contributed by atoms with E-state index in [1.54, 1.807) is 5.57 Å². The molecule has 2 unspecified atom stereocenters. The van der Waals surface area contributed by atoms with Gasteiger partial charge in [0.2, 0.25) is 0 Å². The van der Waals surface area contributed by atoms with Gasteiger partial charge in [-0.2, -0.15) is 0 Å². The zero-order chi connectivity index (χ0) is 21.0. The minimum absolute atomic E-state index is 0.0790. The van der Waals surface area contributed by atoms with Gasteiger partial charge in [0, 0.05) is 0 Å². The summed E-state index contributed by atoms with van der Waals surface area (Å²) in [5.41, 5.74) is 2.59. The molecule has 0 heterocycles. The smallest absolute Gasteiger partial charge is 0.0577 e. The van der Waals surface area contributed by atoms with Gasteiger partial charge in [0.25, 0.3) is 0 Å². The fourth-order valence-corrected chi connectivity index (χ4v) is 8.68. The van der Waals surface area contributed by atoms with Crippen LogP contribution in [0.2, 0.25) is 0 Å². The maximum atomic E-state index is 10.2. The van der Waals surface area contributed by atoms with Crippen molar-refractivity contribution in [2.24, 2.45) is 52.3 Å². The number of hydrogen-bond donors (Lipinski definition) is 1. The number of aliphatic hydroxyl groups is 1. The van der Waals surface area contributed by atoms with Gasteiger partial charge < -0.3 is 5.11 Å². The van der Waals surface area contributed by atoms with Crippen LogP contribution in [0.15, 0.2) is 11.6 Å². The van der Waals surface area contributed by atoms with E-state index in [1.165, 1.54) is 51.4 Å². The molecule has 9 atom stereocenters. The van der Waals surface area contributed by atoms with Crippen LogP contribution in [-0.2, 0) is 0 Å². The lowest BCUT2D eigenvalue weighted by atomic mass is 9.47. The van der Waals surface area contributed by atoms with Crippen molar-refractivity contribution in [3.63, 3.8) is 0 Å². The van der Waals surface area contributed by atoms with E-state index in [0.717, 1.165) is 54.3 Å². The summed E-state index contributed by atoms with van der Waals surface area (Å²) < 4.78 is 0. The first kappa shape index (κ1) is 21.9. The average Bonchev–Trinajstić information content (AvgIpc) is 3.03. The average molecular weight is 401 g/mol. The van der Waals surface area contributed by atoms with Gasteiger partial charge in [0.1, 0.15) is 0 Å². The van der Waals surface area contributed by atoms with E-state index in [4.69, 9.17) is 0 Å². The van der Waals surface area contributed by atoms with Crippen molar-refractivity contribution in [3.05, 3.63) is 11.6 Å². The Morgan fingerprint density at radius 3 is 2.45 bits per heavy atom.